The lowest BCUT2D eigenvalue weighted by molar-refractivity contribution is 0.102. The molecule has 0 aliphatic rings. The van der Waals surface area contributed by atoms with E-state index in [4.69, 9.17) is 4.74 Å². The Morgan fingerprint density at radius 2 is 2.21 bits per heavy atom. The quantitative estimate of drug-likeness (QED) is 0.899. The largest absolute Gasteiger partial charge is 0.496 e. The van der Waals surface area contributed by atoms with Gasteiger partial charge in [-0.15, -0.1) is 10.2 Å². The molecule has 0 saturated heterocycles. The topological polar surface area (TPSA) is 86.1 Å². The van der Waals surface area contributed by atoms with Crippen LogP contribution in [0.15, 0.2) is 17.1 Å². The highest BCUT2D eigenvalue weighted by atomic mass is 32.1. The second kappa shape index (κ2) is 5.19. The summed E-state index contributed by atoms with van der Waals surface area (Å²) in [6, 6.07) is 1.26. The van der Waals surface area contributed by atoms with Crippen LogP contribution in [0.3, 0.4) is 0 Å². The summed E-state index contributed by atoms with van der Waals surface area (Å²) in [7, 11) is 2.97. The first kappa shape index (κ1) is 13.2. The minimum atomic E-state index is -0.399. The fraction of sp³-hybridized carbons (Fsp3) is 0.273. The Kier molecular flexibility index (Phi) is 3.61. The van der Waals surface area contributed by atoms with Crippen molar-refractivity contribution < 1.29 is 9.53 Å². The third-order valence-electron chi connectivity index (χ3n) is 2.40. The fourth-order valence-corrected chi connectivity index (χ4v) is 2.05. The molecule has 19 heavy (non-hydrogen) atoms. The van der Waals surface area contributed by atoms with Crippen molar-refractivity contribution in [2.24, 2.45) is 7.05 Å². The van der Waals surface area contributed by atoms with E-state index in [1.54, 1.807) is 14.0 Å². The molecule has 2 aromatic rings. The molecule has 0 aliphatic carbocycles. The van der Waals surface area contributed by atoms with Crippen molar-refractivity contribution in [3.8, 4) is 5.75 Å². The number of rotatable bonds is 3. The molecule has 2 aromatic heterocycles. The van der Waals surface area contributed by atoms with Gasteiger partial charge in [0.2, 0.25) is 5.13 Å². The Bertz CT molecular complexity index is 677. The van der Waals surface area contributed by atoms with Gasteiger partial charge < -0.3 is 9.30 Å². The lowest BCUT2D eigenvalue weighted by atomic mass is 10.2. The maximum Gasteiger partial charge on any atom is 0.262 e. The van der Waals surface area contributed by atoms with E-state index in [1.165, 1.54) is 35.3 Å². The average molecular weight is 280 g/mol. The molecule has 0 aliphatic heterocycles. The molecule has 1 amide bonds. The molecule has 0 spiro atoms. The van der Waals surface area contributed by atoms with Gasteiger partial charge in [0.15, 0.2) is 0 Å². The van der Waals surface area contributed by atoms with Crippen LogP contribution in [0, 0.1) is 6.92 Å². The average Bonchev–Trinajstić information content (AvgIpc) is 2.77. The van der Waals surface area contributed by atoms with Crippen molar-refractivity contribution in [2.75, 3.05) is 12.4 Å². The van der Waals surface area contributed by atoms with E-state index in [-0.39, 0.29) is 16.9 Å². The molecule has 8 heteroatoms. The molecule has 0 radical (unpaired) electrons. The van der Waals surface area contributed by atoms with Gasteiger partial charge in [0, 0.05) is 19.3 Å². The van der Waals surface area contributed by atoms with Crippen LogP contribution in [0.4, 0.5) is 5.13 Å². The molecule has 100 valence electrons. The predicted molar refractivity (Wildman–Crippen MR) is 70.8 cm³/mol. The van der Waals surface area contributed by atoms with Crippen molar-refractivity contribution in [1.29, 1.82) is 0 Å². The summed E-state index contributed by atoms with van der Waals surface area (Å²) in [5.74, 6) is -0.176. The van der Waals surface area contributed by atoms with Crippen LogP contribution < -0.4 is 15.6 Å². The number of aromatic nitrogens is 3. The molecule has 0 aromatic carbocycles. The van der Waals surface area contributed by atoms with E-state index in [1.807, 2.05) is 0 Å². The zero-order valence-corrected chi connectivity index (χ0v) is 11.4. The van der Waals surface area contributed by atoms with Crippen LogP contribution in [-0.4, -0.2) is 27.8 Å². The van der Waals surface area contributed by atoms with Crippen LogP contribution in [0.5, 0.6) is 5.75 Å². The minimum absolute atomic E-state index is 0.224. The van der Waals surface area contributed by atoms with Gasteiger partial charge in [0.1, 0.15) is 10.8 Å². The number of nitrogens with zero attached hydrogens (tertiary/aromatic N) is 3. The molecule has 1 N–H and O–H groups in total. The normalized spacial score (nSPS) is 10.3. The van der Waals surface area contributed by atoms with E-state index >= 15 is 0 Å². The molecule has 0 atom stereocenters. The number of ether oxygens (including phenoxy) is 1. The van der Waals surface area contributed by atoms with Gasteiger partial charge in [-0.05, 0) is 6.92 Å². The number of pyridine rings is 1. The summed E-state index contributed by atoms with van der Waals surface area (Å²) in [5, 5.41) is 11.4. The van der Waals surface area contributed by atoms with Crippen molar-refractivity contribution in [3.05, 3.63) is 33.2 Å². The van der Waals surface area contributed by atoms with Gasteiger partial charge in [-0.3, -0.25) is 14.9 Å². The van der Waals surface area contributed by atoms with Crippen molar-refractivity contribution >= 4 is 22.4 Å². The number of anilines is 1. The molecule has 0 fully saturated rings. The first-order valence-electron chi connectivity index (χ1n) is 5.37. The minimum Gasteiger partial charge on any atom is -0.496 e. The third kappa shape index (κ3) is 2.79. The van der Waals surface area contributed by atoms with Crippen molar-refractivity contribution in [2.45, 2.75) is 6.92 Å². The first-order valence-corrected chi connectivity index (χ1v) is 6.19. The molecule has 0 bridgehead atoms. The van der Waals surface area contributed by atoms with Crippen molar-refractivity contribution in [3.63, 3.8) is 0 Å². The van der Waals surface area contributed by atoms with Crippen molar-refractivity contribution in [1.82, 2.24) is 14.8 Å². The Balaban J connectivity index is 2.33. The number of nitrogens with one attached hydrogen (secondary N) is 1. The summed E-state index contributed by atoms with van der Waals surface area (Å²) in [6.45, 7) is 1.79. The predicted octanol–water partition coefficient (Wildman–Crippen LogP) is 0.806. The van der Waals surface area contributed by atoms with E-state index in [2.05, 4.69) is 15.5 Å². The smallest absolute Gasteiger partial charge is 0.262 e. The highest BCUT2D eigenvalue weighted by molar-refractivity contribution is 7.15. The van der Waals surface area contributed by atoms with Crippen LogP contribution in [0.1, 0.15) is 15.4 Å². The molecule has 2 rings (SSSR count). The molecular weight excluding hydrogens is 268 g/mol. The maximum absolute atomic E-state index is 12.1. The standard InChI is InChI=1S/C11H12N4O3S/c1-6-13-14-11(19-6)12-10(17)7-5-15(2)9(16)4-8(7)18-3/h4-5H,1-3H3,(H,12,14,17). The van der Waals surface area contributed by atoms with Gasteiger partial charge in [-0.2, -0.15) is 0 Å². The van der Waals surface area contributed by atoms with Crippen LogP contribution in [-0.2, 0) is 7.05 Å². The highest BCUT2D eigenvalue weighted by Gasteiger charge is 2.15. The van der Waals surface area contributed by atoms with E-state index in [9.17, 15) is 9.59 Å². The summed E-state index contributed by atoms with van der Waals surface area (Å²) in [5.41, 5.74) is 0.0117. The monoisotopic (exact) mass is 280 g/mol. The SMILES string of the molecule is COc1cc(=O)n(C)cc1C(=O)Nc1nnc(C)s1. The number of carbonyl (C=O) groups excluding carboxylic acids is 1. The lowest BCUT2D eigenvalue weighted by Crippen LogP contribution is -2.21. The highest BCUT2D eigenvalue weighted by Crippen LogP contribution is 2.19. The Morgan fingerprint density at radius 1 is 1.47 bits per heavy atom. The molecule has 7 nitrogen and oxygen atoms in total. The summed E-state index contributed by atoms with van der Waals surface area (Å²) in [4.78, 5) is 23.6. The molecule has 0 unspecified atom stereocenters. The second-order valence-corrected chi connectivity index (χ2v) is 4.97. The van der Waals surface area contributed by atoms with Crippen LogP contribution >= 0.6 is 11.3 Å². The number of hydrogen-bond donors (Lipinski definition) is 1. The maximum atomic E-state index is 12.1. The van der Waals surface area contributed by atoms with E-state index < -0.39 is 5.91 Å². The van der Waals surface area contributed by atoms with Gasteiger partial charge in [-0.1, -0.05) is 11.3 Å². The van der Waals surface area contributed by atoms with Gasteiger partial charge in [-0.25, -0.2) is 0 Å². The lowest BCUT2D eigenvalue weighted by Gasteiger charge is -2.08. The number of carbonyl (C=O) groups is 1. The van der Waals surface area contributed by atoms with Crippen LogP contribution in [0.25, 0.3) is 0 Å². The van der Waals surface area contributed by atoms with E-state index in [0.29, 0.717) is 5.13 Å². The number of hydrogen-bond acceptors (Lipinski definition) is 6. The number of amides is 1. The zero-order chi connectivity index (χ0) is 14.0. The second-order valence-electron chi connectivity index (χ2n) is 3.78. The van der Waals surface area contributed by atoms with E-state index in [0.717, 1.165) is 5.01 Å². The summed E-state index contributed by atoms with van der Waals surface area (Å²) >= 11 is 1.27. The Hall–Kier alpha value is -2.22. The summed E-state index contributed by atoms with van der Waals surface area (Å²) < 4.78 is 6.35. The third-order valence-corrected chi connectivity index (χ3v) is 3.16. The Labute approximate surface area is 112 Å². The first-order chi connectivity index (χ1) is 9.01. The van der Waals surface area contributed by atoms with Gasteiger partial charge in [0.05, 0.1) is 12.7 Å². The fourth-order valence-electron chi connectivity index (χ4n) is 1.46. The number of aryl methyl sites for hydroxylation is 2. The zero-order valence-electron chi connectivity index (χ0n) is 10.6. The van der Waals surface area contributed by atoms with Gasteiger partial charge in [0.25, 0.3) is 11.5 Å². The molecule has 0 saturated carbocycles. The summed E-state index contributed by atoms with van der Waals surface area (Å²) in [6.07, 6.45) is 1.42. The Morgan fingerprint density at radius 3 is 2.79 bits per heavy atom. The van der Waals surface area contributed by atoms with Gasteiger partial charge >= 0.3 is 0 Å². The number of methoxy groups -OCH3 is 1. The molecule has 2 heterocycles. The molecular formula is C11H12N4O3S. The van der Waals surface area contributed by atoms with Crippen LogP contribution in [0.2, 0.25) is 0 Å².